The smallest absolute Gasteiger partial charge is 0.00580 e. The first-order valence-electron chi connectivity index (χ1n) is 8.20. The minimum atomic E-state index is 0.989. The van der Waals surface area contributed by atoms with Gasteiger partial charge in [0.05, 0.1) is 0 Å². The Morgan fingerprint density at radius 3 is 2.39 bits per heavy atom. The molecule has 23 heavy (non-hydrogen) atoms. The summed E-state index contributed by atoms with van der Waals surface area (Å²) in [5.74, 6) is 0. The van der Waals surface area contributed by atoms with E-state index < -0.39 is 0 Å². The number of rotatable bonds is 2. The summed E-state index contributed by atoms with van der Waals surface area (Å²) in [6, 6.07) is 27.6. The highest BCUT2D eigenvalue weighted by molar-refractivity contribution is 6.01. The van der Waals surface area contributed by atoms with Gasteiger partial charge in [-0.15, -0.1) is 0 Å². The first-order valence-corrected chi connectivity index (χ1v) is 8.20. The third-order valence-corrected chi connectivity index (χ3v) is 4.63. The van der Waals surface area contributed by atoms with Crippen LogP contribution < -0.4 is 0 Å². The van der Waals surface area contributed by atoms with Gasteiger partial charge < -0.3 is 0 Å². The number of benzene rings is 4. The lowest BCUT2D eigenvalue weighted by Gasteiger charge is -2.15. The van der Waals surface area contributed by atoms with Gasteiger partial charge in [-0.2, -0.15) is 0 Å². The molecule has 4 aromatic carbocycles. The van der Waals surface area contributed by atoms with E-state index >= 15 is 0 Å². The van der Waals surface area contributed by atoms with E-state index in [1.54, 1.807) is 0 Å². The molecule has 0 aliphatic rings. The van der Waals surface area contributed by atoms with Gasteiger partial charge in [-0.3, -0.25) is 0 Å². The van der Waals surface area contributed by atoms with Gasteiger partial charge in [-0.05, 0) is 69.3 Å². The Labute approximate surface area is 137 Å². The summed E-state index contributed by atoms with van der Waals surface area (Å²) in [6.07, 6.45) is 0.989. The normalized spacial score (nSPS) is 11.2. The van der Waals surface area contributed by atoms with Gasteiger partial charge in [0, 0.05) is 0 Å². The highest BCUT2D eigenvalue weighted by Crippen LogP contribution is 2.36. The molecular formula is C23H19. The number of fused-ring (bicyclic) bond motifs is 2. The predicted molar refractivity (Wildman–Crippen MR) is 99.8 cm³/mol. The third-order valence-electron chi connectivity index (χ3n) is 4.63. The minimum absolute atomic E-state index is 0.989. The van der Waals surface area contributed by atoms with E-state index in [-0.39, 0.29) is 0 Å². The Hall–Kier alpha value is -2.60. The van der Waals surface area contributed by atoms with Gasteiger partial charge in [0.25, 0.3) is 0 Å². The van der Waals surface area contributed by atoms with Crippen molar-refractivity contribution in [3.05, 3.63) is 83.9 Å². The second-order valence-electron chi connectivity index (χ2n) is 6.08. The summed E-state index contributed by atoms with van der Waals surface area (Å²) in [7, 11) is 0. The molecule has 0 atom stereocenters. The maximum absolute atomic E-state index is 3.64. The molecule has 0 spiro atoms. The van der Waals surface area contributed by atoms with Crippen LogP contribution in [0.4, 0.5) is 0 Å². The number of aryl methyl sites for hydroxylation is 2. The zero-order chi connectivity index (χ0) is 15.8. The maximum Gasteiger partial charge on any atom is -0.00580 e. The average Bonchev–Trinajstić information content (AvgIpc) is 2.60. The molecule has 0 saturated carbocycles. The van der Waals surface area contributed by atoms with E-state index in [1.165, 1.54) is 43.8 Å². The Kier molecular flexibility index (Phi) is 3.38. The van der Waals surface area contributed by atoms with E-state index in [0.29, 0.717) is 0 Å². The third kappa shape index (κ3) is 2.31. The molecule has 0 aliphatic heterocycles. The Balaban J connectivity index is 2.11. The molecule has 0 saturated heterocycles. The monoisotopic (exact) mass is 295 g/mol. The molecule has 0 heterocycles. The Morgan fingerprint density at radius 1 is 0.826 bits per heavy atom. The standard InChI is InChI=1S/C23H19/c1-3-17-14-19-9-4-5-10-20(19)15-22(17)23-16(2)12-13-18-8-6-7-11-21(18)23/h4-13,15H,3H2,1-2H3. The molecule has 0 bridgehead atoms. The van der Waals surface area contributed by atoms with Crippen LogP contribution in [0.5, 0.6) is 0 Å². The van der Waals surface area contributed by atoms with Crippen LogP contribution in [0.1, 0.15) is 18.1 Å². The van der Waals surface area contributed by atoms with E-state index in [0.717, 1.165) is 6.42 Å². The van der Waals surface area contributed by atoms with Gasteiger partial charge in [-0.25, -0.2) is 0 Å². The first-order chi connectivity index (χ1) is 11.3. The molecular weight excluding hydrogens is 276 g/mol. The topological polar surface area (TPSA) is 0 Å². The predicted octanol–water partition coefficient (Wildman–Crippen LogP) is 6.33. The zero-order valence-electron chi connectivity index (χ0n) is 13.6. The van der Waals surface area contributed by atoms with Crippen molar-refractivity contribution < 1.29 is 0 Å². The lowest BCUT2D eigenvalue weighted by molar-refractivity contribution is 1.14. The van der Waals surface area contributed by atoms with Crippen molar-refractivity contribution in [3.8, 4) is 11.1 Å². The van der Waals surface area contributed by atoms with Crippen molar-refractivity contribution in [2.45, 2.75) is 20.3 Å². The van der Waals surface area contributed by atoms with Crippen LogP contribution in [0.3, 0.4) is 0 Å². The molecule has 0 aliphatic carbocycles. The Bertz CT molecular complexity index is 1010. The van der Waals surface area contributed by atoms with Crippen molar-refractivity contribution in [2.24, 2.45) is 0 Å². The fourth-order valence-electron chi connectivity index (χ4n) is 3.45. The van der Waals surface area contributed by atoms with Crippen LogP contribution in [-0.2, 0) is 6.42 Å². The fraction of sp³-hybridized carbons (Fsp3) is 0.130. The average molecular weight is 295 g/mol. The highest BCUT2D eigenvalue weighted by atomic mass is 14.2. The lowest BCUT2D eigenvalue weighted by Crippen LogP contribution is -1.93. The summed E-state index contributed by atoms with van der Waals surface area (Å²) >= 11 is 0. The van der Waals surface area contributed by atoms with E-state index in [2.05, 4.69) is 86.6 Å². The quantitative estimate of drug-likeness (QED) is 0.405. The summed E-state index contributed by atoms with van der Waals surface area (Å²) in [6.45, 7) is 4.42. The number of hydrogen-bond acceptors (Lipinski definition) is 0. The molecule has 1 radical (unpaired) electrons. The van der Waals surface area contributed by atoms with Crippen molar-refractivity contribution in [3.63, 3.8) is 0 Å². The van der Waals surface area contributed by atoms with Crippen LogP contribution >= 0.6 is 0 Å². The van der Waals surface area contributed by atoms with Crippen molar-refractivity contribution in [1.29, 1.82) is 0 Å². The van der Waals surface area contributed by atoms with Gasteiger partial charge >= 0.3 is 0 Å². The maximum atomic E-state index is 3.64. The van der Waals surface area contributed by atoms with Gasteiger partial charge in [0.15, 0.2) is 0 Å². The summed E-state index contributed by atoms with van der Waals surface area (Å²) < 4.78 is 0. The van der Waals surface area contributed by atoms with Crippen LogP contribution in [-0.4, -0.2) is 0 Å². The van der Waals surface area contributed by atoms with Gasteiger partial charge in [0.1, 0.15) is 0 Å². The zero-order valence-corrected chi connectivity index (χ0v) is 13.6. The molecule has 4 rings (SSSR count). The second kappa shape index (κ2) is 5.55. The van der Waals surface area contributed by atoms with Gasteiger partial charge in [0.2, 0.25) is 0 Å². The molecule has 0 fully saturated rings. The van der Waals surface area contributed by atoms with Crippen LogP contribution in [0.2, 0.25) is 0 Å². The van der Waals surface area contributed by atoms with Crippen molar-refractivity contribution >= 4 is 21.5 Å². The molecule has 111 valence electrons. The van der Waals surface area contributed by atoms with E-state index in [9.17, 15) is 0 Å². The summed E-state index contributed by atoms with van der Waals surface area (Å²) in [5, 5.41) is 5.08. The molecule has 4 aromatic rings. The molecule has 0 aromatic heterocycles. The van der Waals surface area contributed by atoms with Crippen molar-refractivity contribution in [2.75, 3.05) is 0 Å². The van der Waals surface area contributed by atoms with Gasteiger partial charge in [-0.1, -0.05) is 67.6 Å². The highest BCUT2D eigenvalue weighted by Gasteiger charge is 2.12. The summed E-state index contributed by atoms with van der Waals surface area (Å²) in [4.78, 5) is 0. The minimum Gasteiger partial charge on any atom is -0.0616 e. The number of hydrogen-bond donors (Lipinski definition) is 0. The Morgan fingerprint density at radius 2 is 1.57 bits per heavy atom. The SMILES string of the molecule is CCc1[c]c2ccccc2cc1-c1c(C)ccc2ccccc12. The molecule has 0 unspecified atom stereocenters. The van der Waals surface area contributed by atoms with Crippen molar-refractivity contribution in [1.82, 2.24) is 0 Å². The second-order valence-corrected chi connectivity index (χ2v) is 6.08. The lowest BCUT2D eigenvalue weighted by atomic mass is 9.88. The molecule has 0 N–H and O–H groups in total. The largest absolute Gasteiger partial charge is 0.0616 e. The van der Waals surface area contributed by atoms with Crippen LogP contribution in [0.25, 0.3) is 32.7 Å². The van der Waals surface area contributed by atoms with E-state index in [1.807, 2.05) is 0 Å². The van der Waals surface area contributed by atoms with E-state index in [4.69, 9.17) is 0 Å². The molecule has 0 heteroatoms. The first kappa shape index (κ1) is 14.0. The molecule has 0 nitrogen and oxygen atoms in total. The van der Waals surface area contributed by atoms with Crippen LogP contribution in [0, 0.1) is 13.0 Å². The fourth-order valence-corrected chi connectivity index (χ4v) is 3.45. The van der Waals surface area contributed by atoms with Crippen LogP contribution in [0.15, 0.2) is 66.7 Å². The molecule has 0 amide bonds. The summed E-state index contributed by atoms with van der Waals surface area (Å²) in [5.41, 5.74) is 5.28.